The average Bonchev–Trinajstić information content (AvgIpc) is 3.34. The van der Waals surface area contributed by atoms with Gasteiger partial charge in [0.2, 0.25) is 0 Å². The molecular formula is C21H17N3O5. The summed E-state index contributed by atoms with van der Waals surface area (Å²) in [5, 5.41) is 2.68. The summed E-state index contributed by atoms with van der Waals surface area (Å²) in [6.45, 7) is 0.134. The van der Waals surface area contributed by atoms with E-state index in [4.69, 9.17) is 9.15 Å². The van der Waals surface area contributed by atoms with E-state index in [1.165, 1.54) is 16.7 Å². The highest BCUT2D eigenvalue weighted by Gasteiger charge is 2.17. The van der Waals surface area contributed by atoms with E-state index in [1.807, 2.05) is 30.3 Å². The van der Waals surface area contributed by atoms with Crippen LogP contribution in [0.25, 0.3) is 11.1 Å². The Kier molecular flexibility index (Phi) is 4.74. The van der Waals surface area contributed by atoms with Crippen molar-refractivity contribution >= 4 is 28.7 Å². The summed E-state index contributed by atoms with van der Waals surface area (Å²) in [4.78, 5) is 39.2. The van der Waals surface area contributed by atoms with Crippen LogP contribution in [-0.4, -0.2) is 21.4 Å². The van der Waals surface area contributed by atoms with E-state index in [0.717, 1.165) is 5.56 Å². The van der Waals surface area contributed by atoms with Crippen molar-refractivity contribution in [1.29, 1.82) is 0 Å². The fourth-order valence-electron chi connectivity index (χ4n) is 2.89. The van der Waals surface area contributed by atoms with E-state index < -0.39 is 17.6 Å². The molecule has 2 aromatic heterocycles. The molecule has 0 saturated heterocycles. The minimum atomic E-state index is -0.566. The van der Waals surface area contributed by atoms with Crippen molar-refractivity contribution < 1.29 is 18.7 Å². The predicted octanol–water partition coefficient (Wildman–Crippen LogP) is 3.07. The molecular weight excluding hydrogens is 374 g/mol. The van der Waals surface area contributed by atoms with Crippen molar-refractivity contribution in [3.05, 3.63) is 88.2 Å². The second-order valence-electron chi connectivity index (χ2n) is 6.38. The molecule has 0 unspecified atom stereocenters. The van der Waals surface area contributed by atoms with E-state index in [-0.39, 0.29) is 23.6 Å². The van der Waals surface area contributed by atoms with Gasteiger partial charge in [-0.15, -0.1) is 0 Å². The van der Waals surface area contributed by atoms with Crippen LogP contribution >= 0.6 is 0 Å². The van der Waals surface area contributed by atoms with Gasteiger partial charge < -0.3 is 19.5 Å². The smallest absolute Gasteiger partial charge is 0.419 e. The molecule has 29 heavy (non-hydrogen) atoms. The maximum Gasteiger partial charge on any atom is 0.419 e. The first-order valence-electron chi connectivity index (χ1n) is 8.83. The Hall–Kier alpha value is -4.07. The first kappa shape index (κ1) is 18.3. The average molecular weight is 391 g/mol. The first-order valence-corrected chi connectivity index (χ1v) is 8.83. The first-order chi connectivity index (χ1) is 14.0. The molecule has 2 aromatic carbocycles. The van der Waals surface area contributed by atoms with Gasteiger partial charge in [-0.3, -0.25) is 9.36 Å². The lowest BCUT2D eigenvalue weighted by molar-refractivity contribution is 0.0466. The summed E-state index contributed by atoms with van der Waals surface area (Å²) < 4.78 is 11.8. The molecule has 0 spiro atoms. The summed E-state index contributed by atoms with van der Waals surface area (Å²) in [5.74, 6) is -1.57. The Morgan fingerprint density at radius 1 is 1.03 bits per heavy atom. The molecule has 0 bridgehead atoms. The van der Waals surface area contributed by atoms with Gasteiger partial charge in [-0.05, 0) is 29.8 Å². The molecule has 2 N–H and O–H groups in total. The zero-order chi connectivity index (χ0) is 20.4. The summed E-state index contributed by atoms with van der Waals surface area (Å²) in [5.41, 5.74) is 2.39. The second-order valence-corrected chi connectivity index (χ2v) is 6.38. The van der Waals surface area contributed by atoms with Crippen molar-refractivity contribution in [2.45, 2.75) is 6.61 Å². The number of hydrogen-bond donors (Lipinski definition) is 2. The van der Waals surface area contributed by atoms with Gasteiger partial charge >= 0.3 is 11.7 Å². The molecule has 2 heterocycles. The Labute approximate surface area is 164 Å². The number of carbonyl (C=O) groups excluding carboxylic acids is 2. The number of hydrogen-bond acceptors (Lipinski definition) is 5. The van der Waals surface area contributed by atoms with Crippen molar-refractivity contribution in [3.8, 4) is 0 Å². The molecule has 8 nitrogen and oxygen atoms in total. The molecule has 4 aromatic rings. The van der Waals surface area contributed by atoms with Gasteiger partial charge in [0.05, 0.1) is 11.2 Å². The van der Waals surface area contributed by atoms with Crippen molar-refractivity contribution in [1.82, 2.24) is 9.55 Å². The number of para-hydroxylation sites is 1. The van der Waals surface area contributed by atoms with Crippen LogP contribution < -0.4 is 11.1 Å². The zero-order valence-corrected chi connectivity index (χ0v) is 15.5. The lowest BCUT2D eigenvalue weighted by atomic mass is 10.2. The number of aromatic nitrogens is 2. The third-order valence-corrected chi connectivity index (χ3v) is 4.43. The van der Waals surface area contributed by atoms with Gasteiger partial charge in [0.15, 0.2) is 5.58 Å². The standard InChI is InChI=1S/C21H17N3O5/c1-24-17-9-5-8-14(18(17)29-21(24)27)23-19(25)15-10-11-16(22-15)20(26)28-12-13-6-3-2-4-7-13/h2-11,22H,12H2,1H3,(H,23,25). The van der Waals surface area contributed by atoms with E-state index in [0.29, 0.717) is 11.2 Å². The van der Waals surface area contributed by atoms with Crippen LogP contribution in [0.4, 0.5) is 5.69 Å². The van der Waals surface area contributed by atoms with Crippen LogP contribution in [-0.2, 0) is 18.4 Å². The fraction of sp³-hybridized carbons (Fsp3) is 0.0952. The molecule has 0 aliphatic carbocycles. The fourth-order valence-corrected chi connectivity index (χ4v) is 2.89. The number of esters is 1. The Bertz CT molecular complexity index is 1250. The molecule has 0 aliphatic heterocycles. The number of anilines is 1. The molecule has 0 aliphatic rings. The van der Waals surface area contributed by atoms with Crippen LogP contribution in [0, 0.1) is 0 Å². The Morgan fingerprint density at radius 2 is 1.79 bits per heavy atom. The quantitative estimate of drug-likeness (QED) is 0.509. The molecule has 8 heteroatoms. The number of carbonyl (C=O) groups is 2. The number of ether oxygens (including phenoxy) is 1. The third kappa shape index (κ3) is 3.68. The van der Waals surface area contributed by atoms with Gasteiger partial charge in [-0.2, -0.15) is 0 Å². The van der Waals surface area contributed by atoms with Gasteiger partial charge in [0.1, 0.15) is 18.0 Å². The number of nitrogens with one attached hydrogen (secondary N) is 2. The predicted molar refractivity (Wildman–Crippen MR) is 106 cm³/mol. The number of H-pyrrole nitrogens is 1. The second kappa shape index (κ2) is 7.51. The van der Waals surface area contributed by atoms with Crippen LogP contribution in [0.15, 0.2) is 69.9 Å². The van der Waals surface area contributed by atoms with E-state index in [9.17, 15) is 14.4 Å². The summed E-state index contributed by atoms with van der Waals surface area (Å²) in [6.07, 6.45) is 0. The number of aromatic amines is 1. The number of nitrogens with zero attached hydrogens (tertiary/aromatic N) is 1. The van der Waals surface area contributed by atoms with Crippen LogP contribution in [0.2, 0.25) is 0 Å². The minimum absolute atomic E-state index is 0.134. The van der Waals surface area contributed by atoms with E-state index >= 15 is 0 Å². The normalized spacial score (nSPS) is 10.8. The summed E-state index contributed by atoms with van der Waals surface area (Å²) >= 11 is 0. The third-order valence-electron chi connectivity index (χ3n) is 4.43. The largest absolute Gasteiger partial charge is 0.456 e. The Morgan fingerprint density at radius 3 is 2.59 bits per heavy atom. The van der Waals surface area contributed by atoms with Crippen molar-refractivity contribution in [2.24, 2.45) is 7.05 Å². The van der Waals surface area contributed by atoms with Gasteiger partial charge in [-0.1, -0.05) is 36.4 Å². The highest BCUT2D eigenvalue weighted by Crippen LogP contribution is 2.22. The highest BCUT2D eigenvalue weighted by molar-refractivity contribution is 6.07. The number of oxazole rings is 1. The topological polar surface area (TPSA) is 106 Å². The number of rotatable bonds is 5. The summed E-state index contributed by atoms with van der Waals surface area (Å²) in [7, 11) is 1.58. The molecule has 4 rings (SSSR count). The van der Waals surface area contributed by atoms with Gasteiger partial charge in [0, 0.05) is 7.05 Å². The maximum absolute atomic E-state index is 12.5. The van der Waals surface area contributed by atoms with Crippen molar-refractivity contribution in [2.75, 3.05) is 5.32 Å². The lowest BCUT2D eigenvalue weighted by Gasteiger charge is -2.05. The minimum Gasteiger partial charge on any atom is -0.456 e. The molecule has 1 amide bonds. The molecule has 146 valence electrons. The Balaban J connectivity index is 1.47. The molecule has 0 saturated carbocycles. The monoisotopic (exact) mass is 391 g/mol. The van der Waals surface area contributed by atoms with Gasteiger partial charge in [-0.25, -0.2) is 9.59 Å². The van der Waals surface area contributed by atoms with Gasteiger partial charge in [0.25, 0.3) is 5.91 Å². The number of aryl methyl sites for hydroxylation is 1. The number of amides is 1. The summed E-state index contributed by atoms with van der Waals surface area (Å²) in [6, 6.07) is 17.3. The van der Waals surface area contributed by atoms with Crippen LogP contribution in [0.5, 0.6) is 0 Å². The SMILES string of the molecule is Cn1c(=O)oc2c(NC(=O)c3ccc(C(=O)OCc4ccccc4)[nH]3)cccc21. The number of benzene rings is 2. The van der Waals surface area contributed by atoms with Crippen LogP contribution in [0.1, 0.15) is 26.5 Å². The highest BCUT2D eigenvalue weighted by atomic mass is 16.5. The lowest BCUT2D eigenvalue weighted by Crippen LogP contribution is -2.13. The van der Waals surface area contributed by atoms with E-state index in [2.05, 4.69) is 10.3 Å². The molecule has 0 radical (unpaired) electrons. The van der Waals surface area contributed by atoms with E-state index in [1.54, 1.807) is 25.2 Å². The zero-order valence-electron chi connectivity index (χ0n) is 15.5. The molecule has 0 atom stereocenters. The number of fused-ring (bicyclic) bond motifs is 1. The van der Waals surface area contributed by atoms with Crippen LogP contribution in [0.3, 0.4) is 0 Å². The maximum atomic E-state index is 12.5. The molecule has 0 fully saturated rings. The van der Waals surface area contributed by atoms with Crippen molar-refractivity contribution in [3.63, 3.8) is 0 Å².